The van der Waals surface area contributed by atoms with E-state index in [0.717, 1.165) is 44.7 Å². The summed E-state index contributed by atoms with van der Waals surface area (Å²) in [6, 6.07) is 27.1. The molecule has 0 aromatic heterocycles. The van der Waals surface area contributed by atoms with Crippen LogP contribution in [0.5, 0.6) is 0 Å². The lowest BCUT2D eigenvalue weighted by Crippen LogP contribution is -2.45. The Labute approximate surface area is 204 Å². The van der Waals surface area contributed by atoms with E-state index in [9.17, 15) is 0 Å². The fraction of sp³-hybridized carbons (Fsp3) is 0.333. The van der Waals surface area contributed by atoms with Gasteiger partial charge in [0.25, 0.3) is 0 Å². The van der Waals surface area contributed by atoms with Crippen molar-refractivity contribution in [1.82, 2.24) is 4.90 Å². The Morgan fingerprint density at radius 3 is 2.41 bits per heavy atom. The molecule has 2 aliphatic rings. The molecule has 34 heavy (non-hydrogen) atoms. The van der Waals surface area contributed by atoms with Crippen LogP contribution in [0.25, 0.3) is 5.70 Å². The molecule has 0 aliphatic carbocycles. The van der Waals surface area contributed by atoms with E-state index in [4.69, 9.17) is 0 Å². The Hall–Kier alpha value is -3.40. The van der Waals surface area contributed by atoms with Crippen LogP contribution in [0.4, 0.5) is 17.1 Å². The summed E-state index contributed by atoms with van der Waals surface area (Å²) < 4.78 is 0. The standard InChI is InChI=1S/C30H36N4/c1-4-24-10-12-26(13-11-24)32-30-20-22(2)31-29-15-14-27(21-28(29)30)34-18-16-33(17-19-34)23(3)25-8-6-5-7-9-25/h5-15,21-22,30-32H,3-4,16-20H2,1-2H3. The summed E-state index contributed by atoms with van der Waals surface area (Å²) in [5.41, 5.74) is 8.84. The summed E-state index contributed by atoms with van der Waals surface area (Å²) in [6.07, 6.45) is 2.14. The second-order valence-electron chi connectivity index (χ2n) is 9.59. The summed E-state index contributed by atoms with van der Waals surface area (Å²) >= 11 is 0. The minimum absolute atomic E-state index is 0.304. The van der Waals surface area contributed by atoms with Crippen LogP contribution in [-0.2, 0) is 6.42 Å². The fourth-order valence-corrected chi connectivity index (χ4v) is 5.19. The number of nitrogens with one attached hydrogen (secondary N) is 2. The van der Waals surface area contributed by atoms with Gasteiger partial charge in [0.15, 0.2) is 0 Å². The average Bonchev–Trinajstić information content (AvgIpc) is 2.89. The molecule has 0 saturated carbocycles. The third-order valence-corrected chi connectivity index (χ3v) is 7.24. The van der Waals surface area contributed by atoms with Gasteiger partial charge in [-0.15, -0.1) is 0 Å². The number of anilines is 3. The summed E-state index contributed by atoms with van der Waals surface area (Å²) in [4.78, 5) is 4.93. The number of rotatable bonds is 6. The molecular weight excluding hydrogens is 416 g/mol. The predicted octanol–water partition coefficient (Wildman–Crippen LogP) is 6.40. The van der Waals surface area contributed by atoms with Crippen LogP contribution in [-0.4, -0.2) is 37.1 Å². The molecule has 2 heterocycles. The van der Waals surface area contributed by atoms with Crippen molar-refractivity contribution in [2.24, 2.45) is 0 Å². The number of piperazine rings is 1. The number of aryl methyl sites for hydroxylation is 1. The Bertz CT molecular complexity index is 1110. The quantitative estimate of drug-likeness (QED) is 0.453. The minimum Gasteiger partial charge on any atom is -0.382 e. The van der Waals surface area contributed by atoms with Gasteiger partial charge in [-0.1, -0.05) is 56.0 Å². The summed E-state index contributed by atoms with van der Waals surface area (Å²) in [6.45, 7) is 12.8. The summed E-state index contributed by atoms with van der Waals surface area (Å²) in [7, 11) is 0. The highest BCUT2D eigenvalue weighted by molar-refractivity contribution is 5.66. The van der Waals surface area contributed by atoms with Gasteiger partial charge in [0, 0.05) is 55.0 Å². The highest BCUT2D eigenvalue weighted by Crippen LogP contribution is 2.37. The van der Waals surface area contributed by atoms with Gasteiger partial charge >= 0.3 is 0 Å². The molecule has 5 rings (SSSR count). The molecule has 176 valence electrons. The first-order valence-electron chi connectivity index (χ1n) is 12.6. The van der Waals surface area contributed by atoms with Crippen LogP contribution < -0.4 is 15.5 Å². The van der Waals surface area contributed by atoms with Gasteiger partial charge in [-0.25, -0.2) is 0 Å². The van der Waals surface area contributed by atoms with Crippen molar-refractivity contribution in [2.75, 3.05) is 41.7 Å². The molecule has 1 fully saturated rings. The molecule has 3 aromatic carbocycles. The second kappa shape index (κ2) is 9.84. The lowest BCUT2D eigenvalue weighted by molar-refractivity contribution is 0.368. The topological polar surface area (TPSA) is 30.5 Å². The monoisotopic (exact) mass is 452 g/mol. The van der Waals surface area contributed by atoms with E-state index in [-0.39, 0.29) is 0 Å². The normalized spacial score (nSPS) is 19.8. The van der Waals surface area contributed by atoms with Crippen LogP contribution in [0.2, 0.25) is 0 Å². The smallest absolute Gasteiger partial charge is 0.0554 e. The van der Waals surface area contributed by atoms with Gasteiger partial charge in [0.1, 0.15) is 0 Å². The van der Waals surface area contributed by atoms with E-state index in [0.29, 0.717) is 12.1 Å². The highest BCUT2D eigenvalue weighted by atomic mass is 15.3. The maximum Gasteiger partial charge on any atom is 0.0554 e. The van der Waals surface area contributed by atoms with Gasteiger partial charge in [-0.2, -0.15) is 0 Å². The average molecular weight is 453 g/mol. The maximum atomic E-state index is 4.36. The lowest BCUT2D eigenvalue weighted by atomic mass is 9.92. The molecule has 0 amide bonds. The van der Waals surface area contributed by atoms with Gasteiger partial charge in [-0.3, -0.25) is 0 Å². The van der Waals surface area contributed by atoms with E-state index < -0.39 is 0 Å². The van der Waals surface area contributed by atoms with Gasteiger partial charge in [-0.05, 0) is 66.8 Å². The zero-order valence-corrected chi connectivity index (χ0v) is 20.4. The number of nitrogens with zero attached hydrogens (tertiary/aromatic N) is 2. The first-order valence-corrected chi connectivity index (χ1v) is 12.6. The zero-order valence-electron chi connectivity index (χ0n) is 20.4. The fourth-order valence-electron chi connectivity index (χ4n) is 5.19. The molecule has 2 unspecified atom stereocenters. The van der Waals surface area contributed by atoms with Crippen molar-refractivity contribution in [3.8, 4) is 0 Å². The molecule has 2 N–H and O–H groups in total. The van der Waals surface area contributed by atoms with E-state index in [1.807, 2.05) is 0 Å². The van der Waals surface area contributed by atoms with Crippen molar-refractivity contribution in [3.63, 3.8) is 0 Å². The van der Waals surface area contributed by atoms with E-state index in [1.165, 1.54) is 33.8 Å². The molecule has 0 spiro atoms. The Morgan fingerprint density at radius 1 is 0.971 bits per heavy atom. The van der Waals surface area contributed by atoms with Crippen LogP contribution in [0, 0.1) is 0 Å². The number of hydrogen-bond acceptors (Lipinski definition) is 4. The SMILES string of the molecule is C=C(c1ccccc1)N1CCN(c2ccc3c(c2)C(Nc2ccc(CC)cc2)CC(C)N3)CC1. The first-order chi connectivity index (χ1) is 16.6. The third kappa shape index (κ3) is 4.77. The third-order valence-electron chi connectivity index (χ3n) is 7.24. The summed E-state index contributed by atoms with van der Waals surface area (Å²) in [5, 5.41) is 7.50. The van der Waals surface area contributed by atoms with Crippen molar-refractivity contribution in [1.29, 1.82) is 0 Å². The molecule has 4 nitrogen and oxygen atoms in total. The van der Waals surface area contributed by atoms with Crippen LogP contribution in [0.15, 0.2) is 79.4 Å². The van der Waals surface area contributed by atoms with Crippen molar-refractivity contribution in [2.45, 2.75) is 38.8 Å². The highest BCUT2D eigenvalue weighted by Gasteiger charge is 2.26. The number of benzene rings is 3. The first kappa shape index (κ1) is 22.4. The Kier molecular flexibility index (Phi) is 6.48. The van der Waals surface area contributed by atoms with Crippen LogP contribution in [0.1, 0.15) is 43.0 Å². The van der Waals surface area contributed by atoms with Gasteiger partial charge < -0.3 is 20.4 Å². The van der Waals surface area contributed by atoms with Crippen LogP contribution >= 0.6 is 0 Å². The van der Waals surface area contributed by atoms with E-state index in [1.54, 1.807) is 0 Å². The zero-order chi connectivity index (χ0) is 23.5. The van der Waals surface area contributed by atoms with Gasteiger partial charge in [0.2, 0.25) is 0 Å². The van der Waals surface area contributed by atoms with Crippen LogP contribution in [0.3, 0.4) is 0 Å². The van der Waals surface area contributed by atoms with Crippen molar-refractivity contribution in [3.05, 3.63) is 96.1 Å². The number of hydrogen-bond donors (Lipinski definition) is 2. The Balaban J connectivity index is 1.30. The number of fused-ring (bicyclic) bond motifs is 1. The van der Waals surface area contributed by atoms with E-state index >= 15 is 0 Å². The van der Waals surface area contributed by atoms with Crippen molar-refractivity contribution >= 4 is 22.8 Å². The second-order valence-corrected chi connectivity index (χ2v) is 9.59. The lowest BCUT2D eigenvalue weighted by Gasteiger charge is -2.39. The van der Waals surface area contributed by atoms with Crippen molar-refractivity contribution < 1.29 is 0 Å². The Morgan fingerprint density at radius 2 is 1.71 bits per heavy atom. The maximum absolute atomic E-state index is 4.36. The molecule has 3 aromatic rings. The predicted molar refractivity (Wildman–Crippen MR) is 146 cm³/mol. The minimum atomic E-state index is 0.304. The molecule has 2 atom stereocenters. The molecule has 2 aliphatic heterocycles. The molecule has 0 radical (unpaired) electrons. The molecule has 4 heteroatoms. The van der Waals surface area contributed by atoms with Gasteiger partial charge in [0.05, 0.1) is 6.04 Å². The van der Waals surface area contributed by atoms with E-state index in [2.05, 4.69) is 114 Å². The largest absolute Gasteiger partial charge is 0.382 e. The molecular formula is C30H36N4. The molecule has 1 saturated heterocycles. The summed E-state index contributed by atoms with van der Waals surface area (Å²) in [5.74, 6) is 0. The molecule has 0 bridgehead atoms.